The summed E-state index contributed by atoms with van der Waals surface area (Å²) in [4.78, 5) is 13.5. The van der Waals surface area contributed by atoms with Crippen LogP contribution in [-0.2, 0) is 0 Å². The van der Waals surface area contributed by atoms with E-state index >= 15 is 0 Å². The second-order valence-electron chi connectivity index (χ2n) is 7.91. The number of ether oxygens (including phenoxy) is 2. The van der Waals surface area contributed by atoms with Crippen molar-refractivity contribution in [3.05, 3.63) is 54.1 Å². The average Bonchev–Trinajstić information content (AvgIpc) is 2.80. The van der Waals surface area contributed by atoms with Gasteiger partial charge in [-0.15, -0.1) is 0 Å². The summed E-state index contributed by atoms with van der Waals surface area (Å²) in [5, 5.41) is 0.0373. The maximum absolute atomic E-state index is 12.6. The Bertz CT molecular complexity index is 725. The lowest BCUT2D eigenvalue weighted by atomic mass is 10.1. The van der Waals surface area contributed by atoms with Crippen molar-refractivity contribution < 1.29 is 14.3 Å². The minimum atomic E-state index is 0.0373. The van der Waals surface area contributed by atoms with Crippen molar-refractivity contribution in [3.63, 3.8) is 0 Å². The molecule has 0 N–H and O–H groups in total. The molecule has 4 heteroatoms. The topological polar surface area (TPSA) is 35.5 Å². The van der Waals surface area contributed by atoms with Gasteiger partial charge in [0.25, 0.3) is 0 Å². The Morgan fingerprint density at radius 3 is 1.65 bits per heavy atom. The van der Waals surface area contributed by atoms with Crippen molar-refractivity contribution >= 4 is 16.9 Å². The summed E-state index contributed by atoms with van der Waals surface area (Å²) in [7, 11) is 0. The molecule has 0 aliphatic heterocycles. The van der Waals surface area contributed by atoms with E-state index < -0.39 is 0 Å². The van der Waals surface area contributed by atoms with Crippen LogP contribution in [-0.4, -0.2) is 18.3 Å². The Kier molecular flexibility index (Phi) is 12.9. The summed E-state index contributed by atoms with van der Waals surface area (Å²) in [6.07, 6.45) is 12.3. The van der Waals surface area contributed by atoms with Crippen LogP contribution in [0.2, 0.25) is 0 Å². The molecule has 0 bridgehead atoms. The van der Waals surface area contributed by atoms with Gasteiger partial charge in [0.1, 0.15) is 11.5 Å². The van der Waals surface area contributed by atoms with Gasteiger partial charge in [-0.05, 0) is 73.1 Å². The van der Waals surface area contributed by atoms with Gasteiger partial charge in [0, 0.05) is 10.5 Å². The maximum Gasteiger partial charge on any atom is 0.224 e. The molecule has 0 spiro atoms. The van der Waals surface area contributed by atoms with Crippen LogP contribution in [0.3, 0.4) is 0 Å². The first-order chi connectivity index (χ1) is 15.2. The van der Waals surface area contributed by atoms with Gasteiger partial charge < -0.3 is 9.47 Å². The molecule has 0 fully saturated rings. The van der Waals surface area contributed by atoms with E-state index in [1.807, 2.05) is 48.5 Å². The van der Waals surface area contributed by atoms with Crippen molar-refractivity contribution in [1.82, 2.24) is 0 Å². The van der Waals surface area contributed by atoms with E-state index in [0.717, 1.165) is 42.4 Å². The maximum atomic E-state index is 12.6. The first kappa shape index (κ1) is 25.3. The third kappa shape index (κ3) is 10.8. The molecule has 0 amide bonds. The monoisotopic (exact) mass is 442 g/mol. The minimum absolute atomic E-state index is 0.0373. The van der Waals surface area contributed by atoms with Crippen LogP contribution in [0.5, 0.6) is 11.5 Å². The molecule has 0 atom stereocenters. The van der Waals surface area contributed by atoms with Gasteiger partial charge in [-0.2, -0.15) is 0 Å². The molecule has 0 aliphatic carbocycles. The summed E-state index contributed by atoms with van der Waals surface area (Å²) in [5.74, 6) is 1.69. The summed E-state index contributed by atoms with van der Waals surface area (Å²) in [5.41, 5.74) is 0.687. The van der Waals surface area contributed by atoms with Crippen LogP contribution in [0.15, 0.2) is 53.4 Å². The molecule has 0 aromatic heterocycles. The Morgan fingerprint density at radius 1 is 0.645 bits per heavy atom. The highest BCUT2D eigenvalue weighted by atomic mass is 32.2. The third-order valence-electron chi connectivity index (χ3n) is 5.16. The second-order valence-corrected chi connectivity index (χ2v) is 8.96. The number of benzene rings is 2. The number of unbranched alkanes of at least 4 members (excludes halogenated alkanes) is 8. The van der Waals surface area contributed by atoms with E-state index in [2.05, 4.69) is 13.8 Å². The molecular weight excluding hydrogens is 404 g/mol. The first-order valence-electron chi connectivity index (χ1n) is 11.9. The predicted molar refractivity (Wildman–Crippen MR) is 132 cm³/mol. The van der Waals surface area contributed by atoms with Crippen molar-refractivity contribution in [3.8, 4) is 11.5 Å². The van der Waals surface area contributed by atoms with E-state index in [-0.39, 0.29) is 5.12 Å². The van der Waals surface area contributed by atoms with Gasteiger partial charge in [0.05, 0.1) is 13.2 Å². The smallest absolute Gasteiger partial charge is 0.224 e. The molecule has 31 heavy (non-hydrogen) atoms. The van der Waals surface area contributed by atoms with E-state index in [1.165, 1.54) is 63.1 Å². The molecule has 170 valence electrons. The number of hydrogen-bond donors (Lipinski definition) is 0. The molecule has 2 aromatic carbocycles. The number of carbonyl (C=O) groups excluding carboxylic acids is 1. The van der Waals surface area contributed by atoms with Gasteiger partial charge >= 0.3 is 0 Å². The molecule has 0 aliphatic rings. The summed E-state index contributed by atoms with van der Waals surface area (Å²) in [6.45, 7) is 5.92. The quantitative estimate of drug-likeness (QED) is 0.193. The molecule has 0 radical (unpaired) electrons. The largest absolute Gasteiger partial charge is 0.494 e. The Labute approximate surface area is 192 Å². The normalized spacial score (nSPS) is 10.8. The highest BCUT2D eigenvalue weighted by Gasteiger charge is 2.09. The highest BCUT2D eigenvalue weighted by Crippen LogP contribution is 2.26. The number of carbonyl (C=O) groups is 1. The lowest BCUT2D eigenvalue weighted by Crippen LogP contribution is -1.98. The molecule has 0 saturated carbocycles. The van der Waals surface area contributed by atoms with Crippen LogP contribution in [0.1, 0.15) is 88.4 Å². The van der Waals surface area contributed by atoms with E-state index in [1.54, 1.807) is 0 Å². The molecule has 2 rings (SSSR count). The molecule has 0 unspecified atom stereocenters. The van der Waals surface area contributed by atoms with Gasteiger partial charge in [-0.3, -0.25) is 4.79 Å². The van der Waals surface area contributed by atoms with Crippen LogP contribution in [0.4, 0.5) is 0 Å². The SMILES string of the molecule is CCCCCCCCOc1ccc(SC(=O)c2ccc(OCCCCCC)cc2)cc1. The Balaban J connectivity index is 1.69. The van der Waals surface area contributed by atoms with Gasteiger partial charge in [0.2, 0.25) is 5.12 Å². The highest BCUT2D eigenvalue weighted by molar-refractivity contribution is 8.14. The lowest BCUT2D eigenvalue weighted by molar-refractivity contribution is 0.108. The number of thioether (sulfide) groups is 1. The summed E-state index contributed by atoms with van der Waals surface area (Å²) < 4.78 is 11.6. The molecular formula is C27H38O3S. The van der Waals surface area contributed by atoms with Gasteiger partial charge in [0.15, 0.2) is 0 Å². The fourth-order valence-electron chi connectivity index (χ4n) is 3.25. The molecule has 3 nitrogen and oxygen atoms in total. The van der Waals surface area contributed by atoms with Crippen LogP contribution < -0.4 is 9.47 Å². The van der Waals surface area contributed by atoms with Crippen molar-refractivity contribution in [2.24, 2.45) is 0 Å². The number of rotatable bonds is 16. The fraction of sp³-hybridized carbons (Fsp3) is 0.519. The zero-order valence-electron chi connectivity index (χ0n) is 19.2. The van der Waals surface area contributed by atoms with E-state index in [4.69, 9.17) is 9.47 Å². The zero-order valence-corrected chi connectivity index (χ0v) is 20.1. The molecule has 2 aromatic rings. The van der Waals surface area contributed by atoms with Crippen LogP contribution in [0.25, 0.3) is 0 Å². The lowest BCUT2D eigenvalue weighted by Gasteiger charge is -2.08. The van der Waals surface area contributed by atoms with Crippen LogP contribution >= 0.6 is 11.8 Å². The van der Waals surface area contributed by atoms with E-state index in [9.17, 15) is 4.79 Å². The Morgan fingerprint density at radius 2 is 1.10 bits per heavy atom. The average molecular weight is 443 g/mol. The Hall–Kier alpha value is -1.94. The fourth-order valence-corrected chi connectivity index (χ4v) is 3.99. The number of hydrogen-bond acceptors (Lipinski definition) is 4. The van der Waals surface area contributed by atoms with Gasteiger partial charge in [-0.1, -0.05) is 65.2 Å². The summed E-state index contributed by atoms with van der Waals surface area (Å²) in [6, 6.07) is 15.2. The van der Waals surface area contributed by atoms with Gasteiger partial charge in [-0.25, -0.2) is 0 Å². The molecule has 0 saturated heterocycles. The summed E-state index contributed by atoms with van der Waals surface area (Å²) >= 11 is 1.24. The minimum Gasteiger partial charge on any atom is -0.494 e. The predicted octanol–water partition coefficient (Wildman–Crippen LogP) is 8.32. The molecule has 0 heterocycles. The van der Waals surface area contributed by atoms with Crippen molar-refractivity contribution in [2.75, 3.05) is 13.2 Å². The third-order valence-corrected chi connectivity index (χ3v) is 6.09. The standard InChI is InChI=1S/C27H38O3S/c1-3-5-7-9-10-12-22-30-25-17-19-26(20-18-25)31-27(28)23-13-15-24(16-14-23)29-21-11-8-6-4-2/h13-20H,3-12,21-22H2,1-2H3. The first-order valence-corrected chi connectivity index (χ1v) is 12.7. The second kappa shape index (κ2) is 15.8. The van der Waals surface area contributed by atoms with Crippen molar-refractivity contribution in [1.29, 1.82) is 0 Å². The zero-order chi connectivity index (χ0) is 22.2. The van der Waals surface area contributed by atoms with E-state index in [0.29, 0.717) is 5.56 Å². The van der Waals surface area contributed by atoms with Crippen molar-refractivity contribution in [2.45, 2.75) is 83.0 Å². The van der Waals surface area contributed by atoms with Crippen LogP contribution in [0, 0.1) is 0 Å².